The van der Waals surface area contributed by atoms with Crippen LogP contribution in [-0.2, 0) is 0 Å². The first-order chi connectivity index (χ1) is 9.45. The quantitative estimate of drug-likeness (QED) is 0.848. The first kappa shape index (κ1) is 14.5. The van der Waals surface area contributed by atoms with Crippen LogP contribution >= 0.6 is 0 Å². The molecule has 0 heterocycles. The van der Waals surface area contributed by atoms with Gasteiger partial charge in [0.2, 0.25) is 0 Å². The lowest BCUT2D eigenvalue weighted by molar-refractivity contribution is -0.0267. The molecule has 0 aliphatic heterocycles. The number of carbonyl (C=O) groups excluding carboxylic acids is 1. The van der Waals surface area contributed by atoms with Crippen molar-refractivity contribution >= 4 is 17.1 Å². The maximum Gasteiger partial charge on any atom is 0.154 e. The Morgan fingerprint density at radius 3 is 2.60 bits per heavy atom. The van der Waals surface area contributed by atoms with Crippen LogP contribution in [0.4, 0.5) is 0 Å². The minimum atomic E-state index is -0.925. The number of aldehydes is 1. The molecular weight excluding hydrogens is 252 g/mol. The molecule has 0 saturated carbocycles. The van der Waals surface area contributed by atoms with Crippen molar-refractivity contribution in [3.05, 3.63) is 42.0 Å². The van der Waals surface area contributed by atoms with E-state index in [1.165, 1.54) is 0 Å². The molecule has 20 heavy (non-hydrogen) atoms. The fraction of sp³-hybridized carbons (Fsp3) is 0.353. The van der Waals surface area contributed by atoms with Gasteiger partial charge in [-0.25, -0.2) is 0 Å². The smallest absolute Gasteiger partial charge is 0.154 e. The van der Waals surface area contributed by atoms with Crippen LogP contribution in [0.5, 0.6) is 5.75 Å². The molecule has 0 radical (unpaired) electrons. The molecule has 0 saturated heterocycles. The molecule has 0 aliphatic rings. The van der Waals surface area contributed by atoms with Gasteiger partial charge in [0.1, 0.15) is 12.4 Å². The average molecular weight is 272 g/mol. The normalized spacial score (nSPS) is 14.2. The summed E-state index contributed by atoms with van der Waals surface area (Å²) in [5.74, 6) is 0.585. The Balaban J connectivity index is 2.33. The van der Waals surface area contributed by atoms with Crippen molar-refractivity contribution in [1.29, 1.82) is 0 Å². The molecule has 2 aromatic rings. The standard InChI is InChI=1S/C17H20O3/c1-12(2)17(3,19)11-20-16-9-8-13-6-4-5-7-14(13)15(16)10-18/h4-10,12,19H,11H2,1-3H3. The van der Waals surface area contributed by atoms with Crippen molar-refractivity contribution in [2.45, 2.75) is 26.4 Å². The molecule has 0 fully saturated rings. The molecule has 2 rings (SSSR count). The maximum atomic E-state index is 11.4. The van der Waals surface area contributed by atoms with Crippen molar-refractivity contribution in [3.8, 4) is 5.75 Å². The molecule has 0 bridgehead atoms. The molecule has 2 aromatic carbocycles. The second kappa shape index (κ2) is 5.63. The van der Waals surface area contributed by atoms with Gasteiger partial charge in [0.05, 0.1) is 11.2 Å². The second-order valence-electron chi connectivity index (χ2n) is 5.62. The number of aliphatic hydroxyl groups is 1. The third kappa shape index (κ3) is 2.83. The topological polar surface area (TPSA) is 46.5 Å². The highest BCUT2D eigenvalue weighted by Gasteiger charge is 2.26. The third-order valence-electron chi connectivity index (χ3n) is 3.81. The molecule has 3 heteroatoms. The molecule has 106 valence electrons. The van der Waals surface area contributed by atoms with E-state index in [0.29, 0.717) is 11.3 Å². The van der Waals surface area contributed by atoms with Crippen molar-refractivity contribution in [1.82, 2.24) is 0 Å². The summed E-state index contributed by atoms with van der Waals surface area (Å²) in [7, 11) is 0. The van der Waals surface area contributed by atoms with Gasteiger partial charge < -0.3 is 9.84 Å². The SMILES string of the molecule is CC(C)C(C)(O)COc1ccc2ccccc2c1C=O. The number of fused-ring (bicyclic) bond motifs is 1. The molecule has 1 unspecified atom stereocenters. The van der Waals surface area contributed by atoms with Gasteiger partial charge in [0.15, 0.2) is 6.29 Å². The minimum Gasteiger partial charge on any atom is -0.490 e. The van der Waals surface area contributed by atoms with Crippen LogP contribution in [-0.4, -0.2) is 23.6 Å². The monoisotopic (exact) mass is 272 g/mol. The van der Waals surface area contributed by atoms with Gasteiger partial charge in [-0.05, 0) is 29.7 Å². The molecular formula is C17H20O3. The Morgan fingerprint density at radius 2 is 1.95 bits per heavy atom. The van der Waals surface area contributed by atoms with Crippen LogP contribution in [0.1, 0.15) is 31.1 Å². The van der Waals surface area contributed by atoms with Crippen LogP contribution in [0.2, 0.25) is 0 Å². The predicted molar refractivity (Wildman–Crippen MR) is 80.3 cm³/mol. The lowest BCUT2D eigenvalue weighted by atomic mass is 9.93. The Kier molecular flexibility index (Phi) is 4.09. The van der Waals surface area contributed by atoms with Crippen molar-refractivity contribution in [3.63, 3.8) is 0 Å². The van der Waals surface area contributed by atoms with E-state index in [-0.39, 0.29) is 12.5 Å². The number of carbonyl (C=O) groups is 1. The number of benzene rings is 2. The molecule has 0 amide bonds. The summed E-state index contributed by atoms with van der Waals surface area (Å²) in [6.07, 6.45) is 0.807. The molecule has 0 aliphatic carbocycles. The van der Waals surface area contributed by atoms with Gasteiger partial charge in [-0.15, -0.1) is 0 Å². The highest BCUT2D eigenvalue weighted by atomic mass is 16.5. The highest BCUT2D eigenvalue weighted by molar-refractivity contribution is 6.00. The predicted octanol–water partition coefficient (Wildman–Crippen LogP) is 3.44. The summed E-state index contributed by atoms with van der Waals surface area (Å²) >= 11 is 0. The van der Waals surface area contributed by atoms with E-state index >= 15 is 0 Å². The summed E-state index contributed by atoms with van der Waals surface area (Å²) in [5.41, 5.74) is -0.395. The number of hydrogen-bond acceptors (Lipinski definition) is 3. The zero-order chi connectivity index (χ0) is 14.8. The molecule has 0 aromatic heterocycles. The lowest BCUT2D eigenvalue weighted by Crippen LogP contribution is -2.37. The maximum absolute atomic E-state index is 11.4. The van der Waals surface area contributed by atoms with Gasteiger partial charge in [0.25, 0.3) is 0 Å². The summed E-state index contributed by atoms with van der Waals surface area (Å²) in [5, 5.41) is 12.1. The van der Waals surface area contributed by atoms with Crippen LogP contribution < -0.4 is 4.74 Å². The molecule has 1 N–H and O–H groups in total. The largest absolute Gasteiger partial charge is 0.490 e. The Bertz CT molecular complexity index is 615. The van der Waals surface area contributed by atoms with Gasteiger partial charge >= 0.3 is 0 Å². The summed E-state index contributed by atoms with van der Waals surface area (Å²) < 4.78 is 5.68. The zero-order valence-corrected chi connectivity index (χ0v) is 12.1. The minimum absolute atomic E-state index is 0.0719. The number of ether oxygens (including phenoxy) is 1. The van der Waals surface area contributed by atoms with E-state index in [1.54, 1.807) is 13.0 Å². The van der Waals surface area contributed by atoms with Crippen LogP contribution in [0, 0.1) is 5.92 Å². The van der Waals surface area contributed by atoms with E-state index in [4.69, 9.17) is 4.74 Å². The van der Waals surface area contributed by atoms with Crippen molar-refractivity contribution < 1.29 is 14.6 Å². The lowest BCUT2D eigenvalue weighted by Gasteiger charge is -2.27. The Hall–Kier alpha value is -1.87. The number of hydrogen-bond donors (Lipinski definition) is 1. The van der Waals surface area contributed by atoms with E-state index in [2.05, 4.69) is 0 Å². The van der Waals surface area contributed by atoms with Gasteiger partial charge in [-0.3, -0.25) is 4.79 Å². The molecule has 0 spiro atoms. The fourth-order valence-electron chi connectivity index (χ4n) is 1.91. The van der Waals surface area contributed by atoms with Gasteiger partial charge in [-0.2, -0.15) is 0 Å². The second-order valence-corrected chi connectivity index (χ2v) is 5.62. The van der Waals surface area contributed by atoms with E-state index in [0.717, 1.165) is 17.1 Å². The molecule has 1 atom stereocenters. The van der Waals surface area contributed by atoms with Crippen molar-refractivity contribution in [2.24, 2.45) is 5.92 Å². The Morgan fingerprint density at radius 1 is 1.25 bits per heavy atom. The Labute approximate surface area is 119 Å². The van der Waals surface area contributed by atoms with Gasteiger partial charge in [0, 0.05) is 0 Å². The summed E-state index contributed by atoms with van der Waals surface area (Å²) in [4.78, 5) is 11.4. The molecule has 3 nitrogen and oxygen atoms in total. The first-order valence-corrected chi connectivity index (χ1v) is 6.78. The third-order valence-corrected chi connectivity index (χ3v) is 3.81. The van der Waals surface area contributed by atoms with E-state index < -0.39 is 5.60 Å². The van der Waals surface area contributed by atoms with Crippen LogP contribution in [0.25, 0.3) is 10.8 Å². The van der Waals surface area contributed by atoms with E-state index in [1.807, 2.05) is 44.2 Å². The fourth-order valence-corrected chi connectivity index (χ4v) is 1.91. The van der Waals surface area contributed by atoms with E-state index in [9.17, 15) is 9.90 Å². The average Bonchev–Trinajstić information content (AvgIpc) is 2.44. The van der Waals surface area contributed by atoms with Crippen LogP contribution in [0.3, 0.4) is 0 Å². The first-order valence-electron chi connectivity index (χ1n) is 6.78. The van der Waals surface area contributed by atoms with Crippen molar-refractivity contribution in [2.75, 3.05) is 6.61 Å². The summed E-state index contributed by atoms with van der Waals surface area (Å²) in [6, 6.07) is 11.4. The van der Waals surface area contributed by atoms with Crippen LogP contribution in [0.15, 0.2) is 36.4 Å². The summed E-state index contributed by atoms with van der Waals surface area (Å²) in [6.45, 7) is 5.76. The zero-order valence-electron chi connectivity index (χ0n) is 12.1. The highest BCUT2D eigenvalue weighted by Crippen LogP contribution is 2.28. The number of rotatable bonds is 5. The van der Waals surface area contributed by atoms with Gasteiger partial charge in [-0.1, -0.05) is 44.2 Å².